The summed E-state index contributed by atoms with van der Waals surface area (Å²) in [5.41, 5.74) is 8.26. The van der Waals surface area contributed by atoms with Crippen molar-refractivity contribution < 1.29 is 14.2 Å². The van der Waals surface area contributed by atoms with Crippen LogP contribution in [0.5, 0.6) is 17.2 Å². The smallest absolute Gasteiger partial charge is 0.203 e. The van der Waals surface area contributed by atoms with Crippen molar-refractivity contribution >= 4 is 0 Å². The van der Waals surface area contributed by atoms with Crippen molar-refractivity contribution in [2.24, 2.45) is 5.73 Å². The fourth-order valence-electron chi connectivity index (χ4n) is 2.84. The number of fused-ring (bicyclic) bond motifs is 1. The number of ether oxygens (including phenoxy) is 3. The molecule has 0 fully saturated rings. The number of hydrogen-bond donors (Lipinski definition) is 1. The summed E-state index contributed by atoms with van der Waals surface area (Å²) in [6.45, 7) is 4.51. The molecule has 0 aromatic heterocycles. The molecule has 1 aliphatic heterocycles. The van der Waals surface area contributed by atoms with Crippen LogP contribution in [0.3, 0.4) is 0 Å². The van der Waals surface area contributed by atoms with Crippen molar-refractivity contribution in [3.63, 3.8) is 0 Å². The second kappa shape index (κ2) is 5.67. The molecule has 1 aromatic rings. The standard InChI is InChI=1S/C14H22N2O3/c1-5-16-8-9-6-11(17-2)13(18-3)14(19-4)12(9)10(16)7-15/h6,10H,5,7-8,15H2,1-4H3. The molecule has 106 valence electrons. The highest BCUT2D eigenvalue weighted by Gasteiger charge is 2.34. The van der Waals surface area contributed by atoms with Crippen molar-refractivity contribution in [1.29, 1.82) is 0 Å². The number of hydrogen-bond acceptors (Lipinski definition) is 5. The van der Waals surface area contributed by atoms with E-state index in [0.29, 0.717) is 18.0 Å². The van der Waals surface area contributed by atoms with E-state index in [1.807, 2.05) is 6.07 Å². The highest BCUT2D eigenvalue weighted by molar-refractivity contribution is 5.61. The van der Waals surface area contributed by atoms with E-state index in [9.17, 15) is 0 Å². The maximum atomic E-state index is 5.93. The van der Waals surface area contributed by atoms with Gasteiger partial charge in [0.25, 0.3) is 0 Å². The van der Waals surface area contributed by atoms with Crippen molar-refractivity contribution in [3.05, 3.63) is 17.2 Å². The molecule has 5 nitrogen and oxygen atoms in total. The van der Waals surface area contributed by atoms with Crippen LogP contribution >= 0.6 is 0 Å². The lowest BCUT2D eigenvalue weighted by atomic mass is 10.0. The van der Waals surface area contributed by atoms with Crippen LogP contribution in [-0.2, 0) is 6.54 Å². The molecule has 0 radical (unpaired) electrons. The summed E-state index contributed by atoms with van der Waals surface area (Å²) in [5, 5.41) is 0. The van der Waals surface area contributed by atoms with Crippen molar-refractivity contribution in [2.45, 2.75) is 19.5 Å². The zero-order valence-electron chi connectivity index (χ0n) is 12.0. The summed E-state index contributed by atoms with van der Waals surface area (Å²) in [5.74, 6) is 2.08. The van der Waals surface area contributed by atoms with Crippen LogP contribution in [0, 0.1) is 0 Å². The Morgan fingerprint density at radius 2 is 1.89 bits per heavy atom. The van der Waals surface area contributed by atoms with Crippen LogP contribution in [-0.4, -0.2) is 39.3 Å². The van der Waals surface area contributed by atoms with Crippen molar-refractivity contribution in [2.75, 3.05) is 34.4 Å². The predicted molar refractivity (Wildman–Crippen MR) is 74.0 cm³/mol. The molecular weight excluding hydrogens is 244 g/mol. The van der Waals surface area contributed by atoms with Gasteiger partial charge in [0.05, 0.1) is 27.4 Å². The molecule has 0 spiro atoms. The summed E-state index contributed by atoms with van der Waals surface area (Å²) in [6, 6.07) is 2.20. The van der Waals surface area contributed by atoms with Crippen molar-refractivity contribution in [3.8, 4) is 17.2 Å². The van der Waals surface area contributed by atoms with Gasteiger partial charge in [-0.1, -0.05) is 6.92 Å². The molecular formula is C14H22N2O3. The average molecular weight is 266 g/mol. The first-order chi connectivity index (χ1) is 9.21. The third kappa shape index (κ3) is 2.13. The van der Waals surface area contributed by atoms with Crippen LogP contribution in [0.25, 0.3) is 0 Å². The van der Waals surface area contributed by atoms with E-state index in [1.165, 1.54) is 5.56 Å². The summed E-state index contributed by atoms with van der Waals surface area (Å²) in [6.07, 6.45) is 0. The first-order valence-corrected chi connectivity index (χ1v) is 6.47. The maximum Gasteiger partial charge on any atom is 0.203 e. The van der Waals surface area contributed by atoms with Gasteiger partial charge >= 0.3 is 0 Å². The Morgan fingerprint density at radius 3 is 2.37 bits per heavy atom. The third-order valence-electron chi connectivity index (χ3n) is 3.73. The summed E-state index contributed by atoms with van der Waals surface area (Å²) in [4.78, 5) is 2.33. The van der Waals surface area contributed by atoms with E-state index >= 15 is 0 Å². The number of likely N-dealkylation sites (N-methyl/N-ethyl adjacent to an activating group) is 1. The Balaban J connectivity index is 2.61. The number of nitrogens with two attached hydrogens (primary N) is 1. The molecule has 1 aliphatic rings. The van der Waals surface area contributed by atoms with Gasteiger partial charge in [-0.15, -0.1) is 0 Å². The largest absolute Gasteiger partial charge is 0.493 e. The lowest BCUT2D eigenvalue weighted by Crippen LogP contribution is -2.27. The lowest BCUT2D eigenvalue weighted by molar-refractivity contribution is 0.228. The van der Waals surface area contributed by atoms with Gasteiger partial charge in [0.2, 0.25) is 5.75 Å². The fraction of sp³-hybridized carbons (Fsp3) is 0.571. The zero-order chi connectivity index (χ0) is 14.0. The first-order valence-electron chi connectivity index (χ1n) is 6.47. The van der Waals surface area contributed by atoms with Gasteiger partial charge in [0.15, 0.2) is 11.5 Å². The van der Waals surface area contributed by atoms with Gasteiger partial charge in [-0.2, -0.15) is 0 Å². The Morgan fingerprint density at radius 1 is 1.21 bits per heavy atom. The first kappa shape index (κ1) is 14.0. The number of nitrogens with zero attached hydrogens (tertiary/aromatic N) is 1. The van der Waals surface area contributed by atoms with E-state index < -0.39 is 0 Å². The fourth-order valence-corrected chi connectivity index (χ4v) is 2.84. The monoisotopic (exact) mass is 266 g/mol. The van der Waals surface area contributed by atoms with E-state index in [0.717, 1.165) is 24.4 Å². The van der Waals surface area contributed by atoms with Gasteiger partial charge in [-0.3, -0.25) is 4.90 Å². The number of methoxy groups -OCH3 is 3. The van der Waals surface area contributed by atoms with Crippen LogP contribution in [0.4, 0.5) is 0 Å². The quantitative estimate of drug-likeness (QED) is 0.876. The Hall–Kier alpha value is -1.46. The minimum Gasteiger partial charge on any atom is -0.493 e. The number of rotatable bonds is 5. The molecule has 0 saturated heterocycles. The van der Waals surface area contributed by atoms with E-state index in [-0.39, 0.29) is 6.04 Å². The number of benzene rings is 1. The zero-order valence-corrected chi connectivity index (χ0v) is 12.0. The van der Waals surface area contributed by atoms with E-state index in [4.69, 9.17) is 19.9 Å². The topological polar surface area (TPSA) is 57.0 Å². The van der Waals surface area contributed by atoms with E-state index in [1.54, 1.807) is 21.3 Å². The third-order valence-corrected chi connectivity index (χ3v) is 3.73. The van der Waals surface area contributed by atoms with Gasteiger partial charge in [0.1, 0.15) is 0 Å². The predicted octanol–water partition coefficient (Wildman–Crippen LogP) is 1.55. The molecule has 0 amide bonds. The molecule has 5 heteroatoms. The van der Waals surface area contributed by atoms with Gasteiger partial charge in [-0.05, 0) is 18.2 Å². The molecule has 19 heavy (non-hydrogen) atoms. The maximum absolute atomic E-state index is 5.93. The average Bonchev–Trinajstić information content (AvgIpc) is 2.81. The molecule has 0 aliphatic carbocycles. The molecule has 0 saturated carbocycles. The molecule has 0 bridgehead atoms. The normalized spacial score (nSPS) is 18.3. The molecule has 2 N–H and O–H groups in total. The lowest BCUT2D eigenvalue weighted by Gasteiger charge is -2.23. The second-order valence-corrected chi connectivity index (χ2v) is 4.53. The molecule has 1 unspecified atom stereocenters. The van der Waals surface area contributed by atoms with Gasteiger partial charge in [0, 0.05) is 18.7 Å². The summed E-state index contributed by atoms with van der Waals surface area (Å²) in [7, 11) is 4.91. The van der Waals surface area contributed by atoms with Crippen LogP contribution < -0.4 is 19.9 Å². The Bertz CT molecular complexity index is 462. The van der Waals surface area contributed by atoms with Crippen LogP contribution in [0.15, 0.2) is 6.07 Å². The van der Waals surface area contributed by atoms with Crippen molar-refractivity contribution in [1.82, 2.24) is 4.90 Å². The highest BCUT2D eigenvalue weighted by Crippen LogP contribution is 2.48. The minimum atomic E-state index is 0.176. The Labute approximate surface area is 114 Å². The molecule has 1 heterocycles. The second-order valence-electron chi connectivity index (χ2n) is 4.53. The molecule has 1 aromatic carbocycles. The highest BCUT2D eigenvalue weighted by atomic mass is 16.5. The van der Waals surface area contributed by atoms with E-state index in [2.05, 4.69) is 11.8 Å². The van der Waals surface area contributed by atoms with Gasteiger partial charge in [-0.25, -0.2) is 0 Å². The minimum absolute atomic E-state index is 0.176. The Kier molecular flexibility index (Phi) is 4.17. The van der Waals surface area contributed by atoms with Gasteiger partial charge < -0.3 is 19.9 Å². The van der Waals surface area contributed by atoms with Crippen LogP contribution in [0.2, 0.25) is 0 Å². The summed E-state index contributed by atoms with van der Waals surface area (Å²) < 4.78 is 16.4. The molecule has 1 atom stereocenters. The SMILES string of the molecule is CCN1Cc2cc(OC)c(OC)c(OC)c2C1CN. The molecule has 2 rings (SSSR count). The van der Waals surface area contributed by atoms with Crippen LogP contribution in [0.1, 0.15) is 24.1 Å². The summed E-state index contributed by atoms with van der Waals surface area (Å²) >= 11 is 0.